The van der Waals surface area contributed by atoms with Gasteiger partial charge in [-0.15, -0.1) is 0 Å². The van der Waals surface area contributed by atoms with E-state index in [1.54, 1.807) is 0 Å². The number of hydrogen-bond donors (Lipinski definition) is 0. The van der Waals surface area contributed by atoms with E-state index in [1.165, 1.54) is 63.4 Å². The Morgan fingerprint density at radius 3 is 2.24 bits per heavy atom. The van der Waals surface area contributed by atoms with Crippen LogP contribution >= 0.6 is 0 Å². The van der Waals surface area contributed by atoms with Crippen LogP contribution in [-0.4, -0.2) is 9.97 Å². The molecule has 0 radical (unpaired) electrons. The number of rotatable bonds is 8. The molecule has 0 spiro atoms. The maximum atomic E-state index is 4.52. The zero-order chi connectivity index (χ0) is 14.9. The molecule has 0 amide bonds. The predicted octanol–water partition coefficient (Wildman–Crippen LogP) is 5.67. The van der Waals surface area contributed by atoms with Gasteiger partial charge in [0.05, 0.1) is 0 Å². The fraction of sp³-hybridized carbons (Fsp3) is 0.789. The van der Waals surface area contributed by atoms with Crippen molar-refractivity contribution in [2.24, 2.45) is 5.92 Å². The molecule has 0 aromatic carbocycles. The van der Waals surface area contributed by atoms with Crippen molar-refractivity contribution in [1.29, 1.82) is 0 Å². The highest BCUT2D eigenvalue weighted by Crippen LogP contribution is 2.37. The molecule has 0 aliphatic heterocycles. The summed E-state index contributed by atoms with van der Waals surface area (Å²) in [6, 6.07) is 0. The van der Waals surface area contributed by atoms with Gasteiger partial charge in [0.1, 0.15) is 5.82 Å². The molecule has 1 aliphatic rings. The van der Waals surface area contributed by atoms with Crippen LogP contribution in [0.1, 0.15) is 95.4 Å². The van der Waals surface area contributed by atoms with Gasteiger partial charge in [-0.2, -0.15) is 0 Å². The summed E-state index contributed by atoms with van der Waals surface area (Å²) in [5.41, 5.74) is 1.37. The van der Waals surface area contributed by atoms with Crippen molar-refractivity contribution in [1.82, 2.24) is 9.97 Å². The minimum Gasteiger partial charge on any atom is -0.241 e. The summed E-state index contributed by atoms with van der Waals surface area (Å²) in [6.45, 7) is 4.47. The third-order valence-electron chi connectivity index (χ3n) is 4.98. The minimum atomic E-state index is 0.715. The second kappa shape index (κ2) is 9.17. The molecule has 0 unspecified atom stereocenters. The number of unbranched alkanes of at least 4 members (excludes halogenated alkanes) is 3. The highest BCUT2D eigenvalue weighted by Gasteiger charge is 2.22. The Morgan fingerprint density at radius 1 is 0.905 bits per heavy atom. The lowest BCUT2D eigenvalue weighted by molar-refractivity contribution is 0.301. The number of aryl methyl sites for hydroxylation is 1. The van der Waals surface area contributed by atoms with Gasteiger partial charge in [-0.3, -0.25) is 0 Å². The standard InChI is InChI=1S/C19H32N2/c1-3-5-6-7-9-16-10-12-17(13-11-16)18-14-20-19(8-4-2)21-15-18/h14-17H,3-13H2,1-2H3. The van der Waals surface area contributed by atoms with E-state index in [2.05, 4.69) is 36.2 Å². The highest BCUT2D eigenvalue weighted by atomic mass is 14.9. The normalized spacial score (nSPS) is 22.4. The Labute approximate surface area is 130 Å². The van der Waals surface area contributed by atoms with E-state index in [9.17, 15) is 0 Å². The molecule has 1 aromatic rings. The fourth-order valence-electron chi connectivity index (χ4n) is 3.57. The second-order valence-electron chi connectivity index (χ2n) is 6.75. The Bertz CT molecular complexity index is 377. The van der Waals surface area contributed by atoms with E-state index in [1.807, 2.05) is 0 Å². The summed E-state index contributed by atoms with van der Waals surface area (Å²) in [6.07, 6.45) is 18.9. The summed E-state index contributed by atoms with van der Waals surface area (Å²) in [7, 11) is 0. The Hall–Kier alpha value is -0.920. The quantitative estimate of drug-likeness (QED) is 0.576. The fourth-order valence-corrected chi connectivity index (χ4v) is 3.57. The molecular weight excluding hydrogens is 256 g/mol. The van der Waals surface area contributed by atoms with Gasteiger partial charge in [0.15, 0.2) is 0 Å². The van der Waals surface area contributed by atoms with Gasteiger partial charge >= 0.3 is 0 Å². The van der Waals surface area contributed by atoms with E-state index in [-0.39, 0.29) is 0 Å². The topological polar surface area (TPSA) is 25.8 Å². The predicted molar refractivity (Wildman–Crippen MR) is 89.5 cm³/mol. The average molecular weight is 288 g/mol. The van der Waals surface area contributed by atoms with E-state index < -0.39 is 0 Å². The van der Waals surface area contributed by atoms with Crippen molar-refractivity contribution in [3.05, 3.63) is 23.8 Å². The number of hydrogen-bond acceptors (Lipinski definition) is 2. The lowest BCUT2D eigenvalue weighted by Gasteiger charge is -2.28. The van der Waals surface area contributed by atoms with Crippen LogP contribution in [0.5, 0.6) is 0 Å². The summed E-state index contributed by atoms with van der Waals surface area (Å²) in [5, 5.41) is 0. The zero-order valence-electron chi connectivity index (χ0n) is 14.0. The van der Waals surface area contributed by atoms with Crippen molar-refractivity contribution in [2.75, 3.05) is 0 Å². The Morgan fingerprint density at radius 2 is 1.62 bits per heavy atom. The summed E-state index contributed by atoms with van der Waals surface area (Å²) in [5.74, 6) is 2.71. The van der Waals surface area contributed by atoms with Crippen LogP contribution in [0.3, 0.4) is 0 Å². The van der Waals surface area contributed by atoms with Crippen LogP contribution in [0.4, 0.5) is 0 Å². The van der Waals surface area contributed by atoms with Gasteiger partial charge in [-0.05, 0) is 49.5 Å². The Balaban J connectivity index is 1.73. The number of aromatic nitrogens is 2. The lowest BCUT2D eigenvalue weighted by Crippen LogP contribution is -2.14. The van der Waals surface area contributed by atoms with Gasteiger partial charge in [-0.25, -0.2) is 9.97 Å². The molecule has 0 atom stereocenters. The third kappa shape index (κ3) is 5.41. The molecule has 1 aromatic heterocycles. The Kier molecular flexibility index (Phi) is 7.18. The van der Waals surface area contributed by atoms with Crippen LogP contribution in [-0.2, 0) is 6.42 Å². The van der Waals surface area contributed by atoms with Crippen molar-refractivity contribution < 1.29 is 0 Å². The van der Waals surface area contributed by atoms with Crippen LogP contribution in [0, 0.1) is 5.92 Å². The van der Waals surface area contributed by atoms with Gasteiger partial charge in [-0.1, -0.05) is 46.0 Å². The van der Waals surface area contributed by atoms with Crippen molar-refractivity contribution >= 4 is 0 Å². The summed E-state index contributed by atoms with van der Waals surface area (Å²) >= 11 is 0. The first-order valence-corrected chi connectivity index (χ1v) is 9.14. The van der Waals surface area contributed by atoms with E-state index in [0.717, 1.165) is 24.6 Å². The molecule has 21 heavy (non-hydrogen) atoms. The molecule has 2 nitrogen and oxygen atoms in total. The molecule has 1 aliphatic carbocycles. The minimum absolute atomic E-state index is 0.715. The molecule has 0 saturated heterocycles. The molecule has 1 saturated carbocycles. The van der Waals surface area contributed by atoms with Gasteiger partial charge < -0.3 is 0 Å². The van der Waals surface area contributed by atoms with Crippen LogP contribution < -0.4 is 0 Å². The summed E-state index contributed by atoms with van der Waals surface area (Å²) in [4.78, 5) is 9.04. The average Bonchev–Trinajstić information content (AvgIpc) is 2.53. The third-order valence-corrected chi connectivity index (χ3v) is 4.98. The van der Waals surface area contributed by atoms with Crippen LogP contribution in [0.25, 0.3) is 0 Å². The van der Waals surface area contributed by atoms with Gasteiger partial charge in [0, 0.05) is 18.8 Å². The zero-order valence-corrected chi connectivity index (χ0v) is 14.0. The van der Waals surface area contributed by atoms with E-state index in [4.69, 9.17) is 0 Å². The largest absolute Gasteiger partial charge is 0.241 e. The van der Waals surface area contributed by atoms with Crippen LogP contribution in [0.2, 0.25) is 0 Å². The first-order valence-electron chi connectivity index (χ1n) is 9.14. The molecule has 1 heterocycles. The monoisotopic (exact) mass is 288 g/mol. The summed E-state index contributed by atoms with van der Waals surface area (Å²) < 4.78 is 0. The molecule has 2 rings (SSSR count). The lowest BCUT2D eigenvalue weighted by atomic mass is 9.77. The molecule has 2 heteroatoms. The van der Waals surface area contributed by atoms with E-state index in [0.29, 0.717) is 5.92 Å². The first kappa shape index (κ1) is 16.5. The second-order valence-corrected chi connectivity index (χ2v) is 6.75. The smallest absolute Gasteiger partial charge is 0.128 e. The molecule has 0 bridgehead atoms. The number of nitrogens with zero attached hydrogens (tertiary/aromatic N) is 2. The maximum absolute atomic E-state index is 4.52. The van der Waals surface area contributed by atoms with Gasteiger partial charge in [0.25, 0.3) is 0 Å². The van der Waals surface area contributed by atoms with E-state index >= 15 is 0 Å². The highest BCUT2D eigenvalue weighted by molar-refractivity contribution is 5.12. The SMILES string of the molecule is CCCCCCC1CCC(c2cnc(CCC)nc2)CC1. The molecule has 118 valence electrons. The van der Waals surface area contributed by atoms with Crippen molar-refractivity contribution in [3.63, 3.8) is 0 Å². The molecular formula is C19H32N2. The maximum Gasteiger partial charge on any atom is 0.128 e. The van der Waals surface area contributed by atoms with Crippen molar-refractivity contribution in [2.45, 2.75) is 90.4 Å². The molecule has 1 fully saturated rings. The van der Waals surface area contributed by atoms with Gasteiger partial charge in [0.2, 0.25) is 0 Å². The van der Waals surface area contributed by atoms with Crippen molar-refractivity contribution in [3.8, 4) is 0 Å². The van der Waals surface area contributed by atoms with Crippen LogP contribution in [0.15, 0.2) is 12.4 Å². The first-order chi connectivity index (χ1) is 10.3. The molecule has 0 N–H and O–H groups in total.